The Labute approximate surface area is 137 Å². The molecule has 2 heterocycles. The van der Waals surface area contributed by atoms with Gasteiger partial charge in [0.1, 0.15) is 5.60 Å². The predicted octanol–water partition coefficient (Wildman–Crippen LogP) is 4.11. The summed E-state index contributed by atoms with van der Waals surface area (Å²) in [6.07, 6.45) is 4.65. The lowest BCUT2D eigenvalue weighted by Gasteiger charge is -2.35. The van der Waals surface area contributed by atoms with Crippen LogP contribution in [0.3, 0.4) is 0 Å². The fourth-order valence-corrected chi connectivity index (χ4v) is 3.49. The maximum absolute atomic E-state index is 12.5. The van der Waals surface area contributed by atoms with Gasteiger partial charge in [-0.2, -0.15) is 5.26 Å². The van der Waals surface area contributed by atoms with Gasteiger partial charge in [-0.25, -0.2) is 4.79 Å². The summed E-state index contributed by atoms with van der Waals surface area (Å²) in [5.74, 6) is 0. The summed E-state index contributed by atoms with van der Waals surface area (Å²) >= 11 is 0. The lowest BCUT2D eigenvalue weighted by atomic mass is 9.92. The van der Waals surface area contributed by atoms with Gasteiger partial charge in [-0.1, -0.05) is 24.3 Å². The predicted molar refractivity (Wildman–Crippen MR) is 88.6 cm³/mol. The first-order valence-corrected chi connectivity index (χ1v) is 8.10. The molecule has 2 aliphatic heterocycles. The van der Waals surface area contributed by atoms with Crippen molar-refractivity contribution in [3.63, 3.8) is 0 Å². The van der Waals surface area contributed by atoms with Crippen LogP contribution in [0.5, 0.6) is 0 Å². The van der Waals surface area contributed by atoms with Gasteiger partial charge >= 0.3 is 6.09 Å². The van der Waals surface area contributed by atoms with Crippen LogP contribution in [-0.4, -0.2) is 28.7 Å². The number of nitriles is 1. The number of fused-ring (bicyclic) bond motifs is 2. The van der Waals surface area contributed by atoms with Crippen molar-refractivity contribution in [2.45, 2.75) is 57.7 Å². The average molecular weight is 310 g/mol. The van der Waals surface area contributed by atoms with Crippen LogP contribution < -0.4 is 0 Å². The topological polar surface area (TPSA) is 53.3 Å². The molecule has 4 heteroatoms. The van der Waals surface area contributed by atoms with Gasteiger partial charge in [-0.3, -0.25) is 4.90 Å². The molecule has 0 saturated carbocycles. The van der Waals surface area contributed by atoms with E-state index in [0.717, 1.165) is 24.8 Å². The highest BCUT2D eigenvalue weighted by molar-refractivity contribution is 5.77. The molecule has 1 amide bonds. The van der Waals surface area contributed by atoms with Crippen LogP contribution in [0.1, 0.15) is 51.2 Å². The summed E-state index contributed by atoms with van der Waals surface area (Å²) in [5, 5.41) is 9.30. The summed E-state index contributed by atoms with van der Waals surface area (Å²) < 4.78 is 5.55. The van der Waals surface area contributed by atoms with E-state index >= 15 is 0 Å². The summed E-state index contributed by atoms with van der Waals surface area (Å²) in [6, 6.07) is 10.2. The van der Waals surface area contributed by atoms with E-state index in [0.29, 0.717) is 5.56 Å². The van der Waals surface area contributed by atoms with Gasteiger partial charge in [-0.15, -0.1) is 0 Å². The van der Waals surface area contributed by atoms with Gasteiger partial charge in [0.15, 0.2) is 0 Å². The molecule has 2 aliphatic rings. The molecule has 1 fully saturated rings. The van der Waals surface area contributed by atoms with E-state index in [1.54, 1.807) is 0 Å². The molecular weight excluding hydrogens is 288 g/mol. The van der Waals surface area contributed by atoms with Crippen LogP contribution in [-0.2, 0) is 4.74 Å². The fourth-order valence-electron chi connectivity index (χ4n) is 3.49. The maximum atomic E-state index is 12.5. The van der Waals surface area contributed by atoms with Gasteiger partial charge in [0.05, 0.1) is 17.7 Å². The monoisotopic (exact) mass is 310 g/mol. The van der Waals surface area contributed by atoms with Crippen LogP contribution in [0.4, 0.5) is 4.79 Å². The van der Waals surface area contributed by atoms with E-state index in [9.17, 15) is 10.1 Å². The van der Waals surface area contributed by atoms with Crippen molar-refractivity contribution in [2.24, 2.45) is 0 Å². The summed E-state index contributed by atoms with van der Waals surface area (Å²) in [5.41, 5.74) is 2.39. The first-order valence-electron chi connectivity index (χ1n) is 8.10. The number of nitrogens with zero attached hydrogens (tertiary/aromatic N) is 2. The number of hydrogen-bond acceptors (Lipinski definition) is 3. The second-order valence-electron chi connectivity index (χ2n) is 7.24. The van der Waals surface area contributed by atoms with Crippen molar-refractivity contribution in [1.82, 2.24) is 4.90 Å². The second kappa shape index (κ2) is 5.73. The third-order valence-electron chi connectivity index (χ3n) is 4.39. The van der Waals surface area contributed by atoms with Gasteiger partial charge in [0, 0.05) is 6.04 Å². The van der Waals surface area contributed by atoms with Crippen LogP contribution in [0.25, 0.3) is 5.57 Å². The molecule has 0 radical (unpaired) electrons. The third kappa shape index (κ3) is 3.10. The smallest absolute Gasteiger partial charge is 0.411 e. The number of ether oxygens (including phenoxy) is 1. The first-order chi connectivity index (χ1) is 10.9. The Morgan fingerprint density at radius 2 is 2.04 bits per heavy atom. The van der Waals surface area contributed by atoms with Crippen molar-refractivity contribution in [2.75, 3.05) is 0 Å². The second-order valence-corrected chi connectivity index (χ2v) is 7.24. The highest BCUT2D eigenvalue weighted by Gasteiger charge is 2.41. The number of rotatable bonds is 1. The first kappa shape index (κ1) is 15.6. The standard InChI is InChI=1S/C19H22N2O2/c1-19(2,3)23-18(22)21-15-8-9-16(21)11-14(10-15)17-7-5-4-6-13(17)12-20/h4-7,10,15-16H,8-9,11H2,1-3H3. The van der Waals surface area contributed by atoms with Crippen LogP contribution in [0.15, 0.2) is 30.3 Å². The highest BCUT2D eigenvalue weighted by Crippen LogP contribution is 2.39. The Kier molecular flexibility index (Phi) is 3.89. The van der Waals surface area contributed by atoms with E-state index in [1.165, 1.54) is 5.57 Å². The lowest BCUT2D eigenvalue weighted by Crippen LogP contribution is -2.45. The molecule has 3 rings (SSSR count). The Balaban J connectivity index is 1.87. The normalized spacial score (nSPS) is 23.2. The van der Waals surface area contributed by atoms with Crippen LogP contribution in [0, 0.1) is 11.3 Å². The highest BCUT2D eigenvalue weighted by atomic mass is 16.6. The van der Waals surface area contributed by atoms with Gasteiger partial charge in [0.25, 0.3) is 0 Å². The molecule has 0 aliphatic carbocycles. The Hall–Kier alpha value is -2.28. The SMILES string of the molecule is CC(C)(C)OC(=O)N1C2C=C(c3ccccc3C#N)CC1CC2. The quantitative estimate of drug-likeness (QED) is 0.784. The molecule has 1 aromatic carbocycles. The molecule has 1 aromatic rings. The average Bonchev–Trinajstić information content (AvgIpc) is 2.76. The molecule has 2 bridgehead atoms. The van der Waals surface area contributed by atoms with E-state index in [1.807, 2.05) is 49.9 Å². The van der Waals surface area contributed by atoms with Crippen molar-refractivity contribution in [3.8, 4) is 6.07 Å². The van der Waals surface area contributed by atoms with Crippen LogP contribution >= 0.6 is 0 Å². The van der Waals surface area contributed by atoms with Crippen molar-refractivity contribution >= 4 is 11.7 Å². The molecule has 0 spiro atoms. The summed E-state index contributed by atoms with van der Waals surface area (Å²) in [4.78, 5) is 14.3. The summed E-state index contributed by atoms with van der Waals surface area (Å²) in [7, 11) is 0. The van der Waals surface area contributed by atoms with E-state index in [2.05, 4.69) is 12.1 Å². The van der Waals surface area contributed by atoms with E-state index in [-0.39, 0.29) is 18.2 Å². The number of hydrogen-bond donors (Lipinski definition) is 0. The minimum atomic E-state index is -0.478. The molecule has 1 saturated heterocycles. The molecular formula is C19H22N2O2. The van der Waals surface area contributed by atoms with Gasteiger partial charge in [-0.05, 0) is 57.2 Å². The number of carbonyl (C=O) groups excluding carboxylic acids is 1. The molecule has 23 heavy (non-hydrogen) atoms. The van der Waals surface area contributed by atoms with E-state index in [4.69, 9.17) is 4.74 Å². The molecule has 2 atom stereocenters. The molecule has 4 nitrogen and oxygen atoms in total. The van der Waals surface area contributed by atoms with Crippen molar-refractivity contribution < 1.29 is 9.53 Å². The number of carbonyl (C=O) groups is 1. The van der Waals surface area contributed by atoms with Crippen LogP contribution in [0.2, 0.25) is 0 Å². The van der Waals surface area contributed by atoms with Crippen molar-refractivity contribution in [1.29, 1.82) is 5.26 Å². The molecule has 0 N–H and O–H groups in total. The number of amides is 1. The minimum Gasteiger partial charge on any atom is -0.444 e. The van der Waals surface area contributed by atoms with Gasteiger partial charge < -0.3 is 4.74 Å². The zero-order valence-corrected chi connectivity index (χ0v) is 13.9. The minimum absolute atomic E-state index is 0.0744. The molecule has 2 unspecified atom stereocenters. The maximum Gasteiger partial charge on any atom is 0.411 e. The van der Waals surface area contributed by atoms with Crippen molar-refractivity contribution in [3.05, 3.63) is 41.5 Å². The largest absolute Gasteiger partial charge is 0.444 e. The lowest BCUT2D eigenvalue weighted by molar-refractivity contribution is 0.0175. The fraction of sp³-hybridized carbons (Fsp3) is 0.474. The molecule has 0 aromatic heterocycles. The molecule has 120 valence electrons. The Morgan fingerprint density at radius 1 is 1.30 bits per heavy atom. The Bertz CT molecular complexity index is 694. The number of benzene rings is 1. The summed E-state index contributed by atoms with van der Waals surface area (Å²) in [6.45, 7) is 5.67. The third-order valence-corrected chi connectivity index (χ3v) is 4.39. The zero-order valence-electron chi connectivity index (χ0n) is 13.9. The zero-order chi connectivity index (χ0) is 16.6. The van der Waals surface area contributed by atoms with E-state index < -0.39 is 5.60 Å². The Morgan fingerprint density at radius 3 is 2.70 bits per heavy atom. The van der Waals surface area contributed by atoms with Gasteiger partial charge in [0.2, 0.25) is 0 Å².